The first-order valence-corrected chi connectivity index (χ1v) is 7.21. The Balaban J connectivity index is 2.03. The van der Waals surface area contributed by atoms with Crippen LogP contribution < -0.4 is 5.32 Å². The van der Waals surface area contributed by atoms with Gasteiger partial charge in [0, 0.05) is 38.8 Å². The van der Waals surface area contributed by atoms with E-state index in [1.165, 1.54) is 7.11 Å². The summed E-state index contributed by atoms with van der Waals surface area (Å²) in [5.41, 5.74) is 0. The standard InChI is InChI=1S/C14H22N2O5/c1-21-14(20)5-3-2-4-9-15-11(17)8-10-16-12(18)6-7-13(16)19/h2-10H2,1H3,(H,15,17). The van der Waals surface area contributed by atoms with Crippen molar-refractivity contribution in [2.45, 2.75) is 44.9 Å². The van der Waals surface area contributed by atoms with Crippen molar-refractivity contribution in [2.24, 2.45) is 0 Å². The highest BCUT2D eigenvalue weighted by Gasteiger charge is 2.28. The number of hydrogen-bond acceptors (Lipinski definition) is 5. The quantitative estimate of drug-likeness (QED) is 0.377. The monoisotopic (exact) mass is 298 g/mol. The van der Waals surface area contributed by atoms with Gasteiger partial charge < -0.3 is 10.1 Å². The number of nitrogens with zero attached hydrogens (tertiary/aromatic N) is 1. The Morgan fingerprint density at radius 1 is 1.10 bits per heavy atom. The highest BCUT2D eigenvalue weighted by molar-refractivity contribution is 6.02. The number of carbonyl (C=O) groups is 4. The summed E-state index contributed by atoms with van der Waals surface area (Å²) in [5, 5.41) is 2.73. The van der Waals surface area contributed by atoms with Gasteiger partial charge in [-0.25, -0.2) is 0 Å². The number of imide groups is 1. The van der Waals surface area contributed by atoms with Crippen molar-refractivity contribution in [1.29, 1.82) is 0 Å². The summed E-state index contributed by atoms with van der Waals surface area (Å²) in [4.78, 5) is 46.3. The molecule has 1 aliphatic heterocycles. The molecule has 0 atom stereocenters. The minimum absolute atomic E-state index is 0.139. The molecule has 7 heteroatoms. The number of esters is 1. The van der Waals surface area contributed by atoms with Crippen molar-refractivity contribution in [1.82, 2.24) is 10.2 Å². The van der Waals surface area contributed by atoms with Crippen LogP contribution in [0.25, 0.3) is 0 Å². The zero-order valence-electron chi connectivity index (χ0n) is 12.4. The number of carbonyl (C=O) groups excluding carboxylic acids is 4. The average Bonchev–Trinajstić information content (AvgIpc) is 2.79. The van der Waals surface area contributed by atoms with Crippen LogP contribution in [0.3, 0.4) is 0 Å². The number of ether oxygens (including phenoxy) is 1. The fourth-order valence-electron chi connectivity index (χ4n) is 2.07. The van der Waals surface area contributed by atoms with Crippen LogP contribution in [0, 0.1) is 0 Å². The zero-order chi connectivity index (χ0) is 15.7. The smallest absolute Gasteiger partial charge is 0.305 e. The van der Waals surface area contributed by atoms with Gasteiger partial charge in [-0.15, -0.1) is 0 Å². The SMILES string of the molecule is COC(=O)CCCCCNC(=O)CCN1C(=O)CCC1=O. The molecule has 0 unspecified atom stereocenters. The Labute approximate surface area is 124 Å². The Bertz CT molecular complexity index is 392. The predicted octanol–water partition coefficient (Wildman–Crippen LogP) is 0.375. The molecular weight excluding hydrogens is 276 g/mol. The molecule has 0 aromatic carbocycles. The van der Waals surface area contributed by atoms with Crippen molar-refractivity contribution in [3.8, 4) is 0 Å². The first-order valence-electron chi connectivity index (χ1n) is 7.21. The number of unbranched alkanes of at least 4 members (excludes halogenated alkanes) is 2. The lowest BCUT2D eigenvalue weighted by Crippen LogP contribution is -2.34. The van der Waals surface area contributed by atoms with Crippen LogP contribution in [0.1, 0.15) is 44.9 Å². The highest BCUT2D eigenvalue weighted by atomic mass is 16.5. The number of hydrogen-bond donors (Lipinski definition) is 1. The van der Waals surface area contributed by atoms with Gasteiger partial charge in [-0.3, -0.25) is 24.1 Å². The van der Waals surface area contributed by atoms with Crippen molar-refractivity contribution < 1.29 is 23.9 Å². The van der Waals surface area contributed by atoms with Gasteiger partial charge in [0.1, 0.15) is 0 Å². The third kappa shape index (κ3) is 6.37. The number of likely N-dealkylation sites (tertiary alicyclic amines) is 1. The lowest BCUT2D eigenvalue weighted by molar-refractivity contribution is -0.141. The summed E-state index contributed by atoms with van der Waals surface area (Å²) in [6.07, 6.45) is 3.38. The van der Waals surface area contributed by atoms with E-state index >= 15 is 0 Å². The third-order valence-electron chi connectivity index (χ3n) is 3.32. The van der Waals surface area contributed by atoms with Crippen LogP contribution in [0.5, 0.6) is 0 Å². The molecule has 3 amide bonds. The van der Waals surface area contributed by atoms with Crippen LogP contribution in [-0.4, -0.2) is 48.8 Å². The van der Waals surface area contributed by atoms with Crippen molar-refractivity contribution >= 4 is 23.7 Å². The van der Waals surface area contributed by atoms with E-state index in [9.17, 15) is 19.2 Å². The Hall–Kier alpha value is -1.92. The maximum atomic E-state index is 11.6. The number of rotatable bonds is 9. The van der Waals surface area contributed by atoms with E-state index in [0.717, 1.165) is 24.2 Å². The molecule has 0 saturated carbocycles. The van der Waals surface area contributed by atoms with Gasteiger partial charge >= 0.3 is 5.97 Å². The second kappa shape index (κ2) is 9.10. The molecule has 118 valence electrons. The summed E-state index contributed by atoms with van der Waals surface area (Å²) in [5.74, 6) is -0.791. The van der Waals surface area contributed by atoms with E-state index < -0.39 is 0 Å². The van der Waals surface area contributed by atoms with Crippen LogP contribution >= 0.6 is 0 Å². The minimum atomic E-state index is -0.223. The minimum Gasteiger partial charge on any atom is -0.469 e. The molecule has 21 heavy (non-hydrogen) atoms. The van der Waals surface area contributed by atoms with Crippen LogP contribution in [0.4, 0.5) is 0 Å². The van der Waals surface area contributed by atoms with E-state index in [0.29, 0.717) is 13.0 Å². The largest absolute Gasteiger partial charge is 0.469 e. The van der Waals surface area contributed by atoms with E-state index in [4.69, 9.17) is 0 Å². The van der Waals surface area contributed by atoms with Gasteiger partial charge in [-0.2, -0.15) is 0 Å². The Morgan fingerprint density at radius 2 is 1.76 bits per heavy atom. The molecule has 1 N–H and O–H groups in total. The summed E-state index contributed by atoms with van der Waals surface area (Å²) in [6, 6.07) is 0. The number of nitrogens with one attached hydrogen (secondary N) is 1. The second-order valence-electron chi connectivity index (χ2n) is 4.93. The Kier molecular flexibility index (Phi) is 7.42. The third-order valence-corrected chi connectivity index (χ3v) is 3.32. The molecule has 0 spiro atoms. The lowest BCUT2D eigenvalue weighted by Gasteiger charge is -2.13. The Morgan fingerprint density at radius 3 is 2.38 bits per heavy atom. The number of methoxy groups -OCH3 is 1. The maximum Gasteiger partial charge on any atom is 0.305 e. The first-order chi connectivity index (χ1) is 10.0. The summed E-state index contributed by atoms with van der Waals surface area (Å²) in [6.45, 7) is 0.688. The molecule has 7 nitrogen and oxygen atoms in total. The molecule has 0 bridgehead atoms. The van der Waals surface area contributed by atoms with Gasteiger partial charge in [-0.1, -0.05) is 6.42 Å². The predicted molar refractivity (Wildman–Crippen MR) is 74.1 cm³/mol. The molecule has 1 heterocycles. The first kappa shape index (κ1) is 17.1. The van der Waals surface area contributed by atoms with Gasteiger partial charge in [0.15, 0.2) is 0 Å². The molecule has 0 aromatic rings. The molecule has 1 rings (SSSR count). The summed E-state index contributed by atoms with van der Waals surface area (Å²) < 4.78 is 4.52. The van der Waals surface area contributed by atoms with Crippen LogP contribution in [0.2, 0.25) is 0 Å². The highest BCUT2D eigenvalue weighted by Crippen LogP contribution is 2.11. The average molecular weight is 298 g/mol. The van der Waals surface area contributed by atoms with Gasteiger partial charge in [0.2, 0.25) is 17.7 Å². The van der Waals surface area contributed by atoms with E-state index in [1.807, 2.05) is 0 Å². The fourth-order valence-corrected chi connectivity index (χ4v) is 2.07. The van der Waals surface area contributed by atoms with Gasteiger partial charge in [0.05, 0.1) is 7.11 Å². The molecule has 1 aliphatic rings. The molecule has 0 radical (unpaired) electrons. The maximum absolute atomic E-state index is 11.6. The molecule has 1 fully saturated rings. The van der Waals surface area contributed by atoms with Gasteiger partial charge in [0.25, 0.3) is 0 Å². The van der Waals surface area contributed by atoms with Gasteiger partial charge in [-0.05, 0) is 12.8 Å². The van der Waals surface area contributed by atoms with Crippen molar-refractivity contribution in [3.05, 3.63) is 0 Å². The summed E-state index contributed by atoms with van der Waals surface area (Å²) >= 11 is 0. The van der Waals surface area contributed by atoms with E-state index in [2.05, 4.69) is 10.1 Å². The second-order valence-corrected chi connectivity index (χ2v) is 4.93. The molecule has 0 aliphatic carbocycles. The number of amides is 3. The molecule has 1 saturated heterocycles. The zero-order valence-corrected chi connectivity index (χ0v) is 12.4. The van der Waals surface area contributed by atoms with E-state index in [1.54, 1.807) is 0 Å². The normalized spacial score (nSPS) is 14.4. The van der Waals surface area contributed by atoms with Crippen molar-refractivity contribution in [3.63, 3.8) is 0 Å². The van der Waals surface area contributed by atoms with Crippen LogP contribution in [-0.2, 0) is 23.9 Å². The molecular formula is C14H22N2O5. The molecule has 0 aromatic heterocycles. The van der Waals surface area contributed by atoms with Crippen LogP contribution in [0.15, 0.2) is 0 Å². The van der Waals surface area contributed by atoms with Crippen molar-refractivity contribution in [2.75, 3.05) is 20.2 Å². The fraction of sp³-hybridized carbons (Fsp3) is 0.714. The van der Waals surface area contributed by atoms with E-state index in [-0.39, 0.29) is 49.5 Å². The lowest BCUT2D eigenvalue weighted by atomic mass is 10.2. The topological polar surface area (TPSA) is 92.8 Å². The summed E-state index contributed by atoms with van der Waals surface area (Å²) in [7, 11) is 1.36.